The van der Waals surface area contributed by atoms with Crippen molar-refractivity contribution in [1.29, 1.82) is 0 Å². The van der Waals surface area contributed by atoms with Gasteiger partial charge in [-0.05, 0) is 6.42 Å². The number of carbonyl (C=O) groups excluding carboxylic acids is 1. The minimum Gasteiger partial charge on any atom is -0.300 e. The molecule has 0 aromatic carbocycles. The van der Waals surface area contributed by atoms with Crippen LogP contribution in [0.25, 0.3) is 0 Å². The lowest BCUT2D eigenvalue weighted by Gasteiger charge is -2.07. The van der Waals surface area contributed by atoms with Crippen LogP contribution in [0.3, 0.4) is 0 Å². The molecule has 2 aromatic rings. The Hall–Kier alpha value is -2.26. The minimum absolute atomic E-state index is 0.0244. The lowest BCUT2D eigenvalue weighted by Crippen LogP contribution is -2.39. The normalized spacial score (nSPS) is 10.6. The largest absolute Gasteiger partial charge is 0.331 e. The first-order valence-corrected chi connectivity index (χ1v) is 7.20. The van der Waals surface area contributed by atoms with E-state index in [2.05, 4.69) is 4.98 Å². The Morgan fingerprint density at radius 2 is 2.24 bits per heavy atom. The third-order valence-electron chi connectivity index (χ3n) is 2.80. The third-order valence-corrected chi connectivity index (χ3v) is 3.69. The summed E-state index contributed by atoms with van der Waals surface area (Å²) in [6, 6.07) is 1.34. The van der Waals surface area contributed by atoms with Gasteiger partial charge in [0.2, 0.25) is 0 Å². The summed E-state index contributed by atoms with van der Waals surface area (Å²) < 4.78 is 2.57. The maximum atomic E-state index is 12.2. The molecule has 0 aliphatic rings. The number of hydrazine groups is 1. The Morgan fingerprint density at radius 1 is 1.48 bits per heavy atom. The van der Waals surface area contributed by atoms with Crippen molar-refractivity contribution in [2.45, 2.75) is 26.4 Å². The fourth-order valence-corrected chi connectivity index (χ4v) is 2.53. The standard InChI is InChI=1S/C12H15N5O3S/c1-2-4-16-5-3-9(18)17(12(16)20)6-8-7-21-11(14-8)10(19)15-13/h3,5,7H,2,4,6,13H2,1H3,(H,15,19). The molecule has 0 aliphatic carbocycles. The summed E-state index contributed by atoms with van der Waals surface area (Å²) >= 11 is 1.10. The zero-order chi connectivity index (χ0) is 15.4. The zero-order valence-corrected chi connectivity index (χ0v) is 12.2. The van der Waals surface area contributed by atoms with Crippen LogP contribution < -0.4 is 22.5 Å². The Balaban J connectivity index is 2.33. The van der Waals surface area contributed by atoms with E-state index >= 15 is 0 Å². The topological polar surface area (TPSA) is 112 Å². The van der Waals surface area contributed by atoms with E-state index in [0.717, 1.165) is 22.3 Å². The van der Waals surface area contributed by atoms with Crippen molar-refractivity contribution in [3.05, 3.63) is 49.2 Å². The number of rotatable bonds is 5. The number of hydrogen-bond donors (Lipinski definition) is 2. The molecule has 0 unspecified atom stereocenters. The molecule has 112 valence electrons. The van der Waals surface area contributed by atoms with Crippen LogP contribution in [0.4, 0.5) is 0 Å². The molecule has 21 heavy (non-hydrogen) atoms. The number of thiazole rings is 1. The van der Waals surface area contributed by atoms with Crippen molar-refractivity contribution in [3.63, 3.8) is 0 Å². The number of aromatic nitrogens is 3. The SMILES string of the molecule is CCCn1ccc(=O)n(Cc2csc(C(=O)NN)n2)c1=O. The molecule has 0 radical (unpaired) electrons. The molecule has 0 bridgehead atoms. The molecular weight excluding hydrogens is 294 g/mol. The summed E-state index contributed by atoms with van der Waals surface area (Å²) in [6.07, 6.45) is 2.27. The Morgan fingerprint density at radius 3 is 2.90 bits per heavy atom. The summed E-state index contributed by atoms with van der Waals surface area (Å²) in [6.45, 7) is 2.51. The molecule has 8 nitrogen and oxygen atoms in total. The van der Waals surface area contributed by atoms with Crippen LogP contribution in [0.5, 0.6) is 0 Å². The second kappa shape index (κ2) is 6.46. The van der Waals surface area contributed by atoms with E-state index in [1.54, 1.807) is 5.38 Å². The van der Waals surface area contributed by atoms with Gasteiger partial charge in [-0.1, -0.05) is 6.92 Å². The number of nitrogens with one attached hydrogen (secondary N) is 1. The van der Waals surface area contributed by atoms with Crippen LogP contribution in [0.1, 0.15) is 28.8 Å². The van der Waals surface area contributed by atoms with E-state index in [-0.39, 0.29) is 17.2 Å². The summed E-state index contributed by atoms with van der Waals surface area (Å²) in [5.74, 6) is 4.52. The lowest BCUT2D eigenvalue weighted by molar-refractivity contribution is 0.0953. The highest BCUT2D eigenvalue weighted by atomic mass is 32.1. The molecule has 0 spiro atoms. The van der Waals surface area contributed by atoms with E-state index in [4.69, 9.17) is 5.84 Å². The number of carbonyl (C=O) groups is 1. The summed E-state index contributed by atoms with van der Waals surface area (Å²) in [5.41, 5.74) is 1.66. The van der Waals surface area contributed by atoms with Crippen LogP contribution in [0.15, 0.2) is 27.2 Å². The average Bonchev–Trinajstić information content (AvgIpc) is 2.94. The molecule has 3 N–H and O–H groups in total. The van der Waals surface area contributed by atoms with Crippen molar-refractivity contribution >= 4 is 17.2 Å². The van der Waals surface area contributed by atoms with Gasteiger partial charge in [0.1, 0.15) is 0 Å². The minimum atomic E-state index is -0.505. The Kier molecular flexibility index (Phi) is 4.66. The van der Waals surface area contributed by atoms with Gasteiger partial charge in [-0.2, -0.15) is 0 Å². The fourth-order valence-electron chi connectivity index (χ4n) is 1.82. The molecule has 2 aromatic heterocycles. The van der Waals surface area contributed by atoms with E-state index in [9.17, 15) is 14.4 Å². The van der Waals surface area contributed by atoms with Crippen LogP contribution in [-0.4, -0.2) is 20.0 Å². The number of amides is 1. The van der Waals surface area contributed by atoms with E-state index in [0.29, 0.717) is 12.2 Å². The summed E-state index contributed by atoms with van der Waals surface area (Å²) in [4.78, 5) is 39.4. The molecule has 9 heteroatoms. The van der Waals surface area contributed by atoms with Crippen LogP contribution in [0, 0.1) is 0 Å². The zero-order valence-electron chi connectivity index (χ0n) is 11.4. The Bertz CT molecular complexity index is 761. The highest BCUT2D eigenvalue weighted by molar-refractivity contribution is 7.11. The van der Waals surface area contributed by atoms with E-state index in [1.165, 1.54) is 16.8 Å². The number of nitrogens with zero attached hydrogens (tertiary/aromatic N) is 3. The third kappa shape index (κ3) is 3.26. The smallest absolute Gasteiger partial charge is 0.300 e. The maximum absolute atomic E-state index is 12.2. The van der Waals surface area contributed by atoms with Gasteiger partial charge < -0.3 is 4.57 Å². The number of aryl methyl sites for hydroxylation is 1. The van der Waals surface area contributed by atoms with Crippen LogP contribution in [-0.2, 0) is 13.1 Å². The van der Waals surface area contributed by atoms with Crippen molar-refractivity contribution in [2.75, 3.05) is 0 Å². The van der Waals surface area contributed by atoms with Gasteiger partial charge in [0.05, 0.1) is 12.2 Å². The highest BCUT2D eigenvalue weighted by Gasteiger charge is 2.12. The molecule has 1 amide bonds. The lowest BCUT2D eigenvalue weighted by atomic mass is 10.4. The highest BCUT2D eigenvalue weighted by Crippen LogP contribution is 2.09. The average molecular weight is 309 g/mol. The van der Waals surface area contributed by atoms with E-state index < -0.39 is 11.5 Å². The van der Waals surface area contributed by atoms with Crippen LogP contribution >= 0.6 is 11.3 Å². The molecule has 0 saturated carbocycles. The van der Waals surface area contributed by atoms with Gasteiger partial charge in [-0.15, -0.1) is 11.3 Å². The molecule has 0 atom stereocenters. The molecule has 0 fully saturated rings. The molecule has 0 aliphatic heterocycles. The van der Waals surface area contributed by atoms with Gasteiger partial charge in [0.15, 0.2) is 5.01 Å². The van der Waals surface area contributed by atoms with Crippen molar-refractivity contribution in [1.82, 2.24) is 19.5 Å². The van der Waals surface area contributed by atoms with Crippen molar-refractivity contribution in [3.8, 4) is 0 Å². The van der Waals surface area contributed by atoms with E-state index in [1.807, 2.05) is 12.3 Å². The summed E-state index contributed by atoms with van der Waals surface area (Å²) in [7, 11) is 0. The van der Waals surface area contributed by atoms with Crippen molar-refractivity contribution in [2.24, 2.45) is 5.84 Å². The monoisotopic (exact) mass is 309 g/mol. The quantitative estimate of drug-likeness (QED) is 0.440. The second-order valence-electron chi connectivity index (χ2n) is 4.33. The number of hydrogen-bond acceptors (Lipinski definition) is 6. The summed E-state index contributed by atoms with van der Waals surface area (Å²) in [5, 5.41) is 1.80. The van der Waals surface area contributed by atoms with Gasteiger partial charge in [-0.3, -0.25) is 19.6 Å². The van der Waals surface area contributed by atoms with Gasteiger partial charge in [-0.25, -0.2) is 15.6 Å². The molecule has 0 saturated heterocycles. The Labute approximate surface area is 123 Å². The first kappa shape index (κ1) is 15.1. The first-order valence-electron chi connectivity index (χ1n) is 6.32. The first-order chi connectivity index (χ1) is 10.1. The maximum Gasteiger partial charge on any atom is 0.331 e. The molecule has 2 heterocycles. The van der Waals surface area contributed by atoms with Crippen LogP contribution in [0.2, 0.25) is 0 Å². The second-order valence-corrected chi connectivity index (χ2v) is 5.19. The van der Waals surface area contributed by atoms with Gasteiger partial charge >= 0.3 is 5.69 Å². The van der Waals surface area contributed by atoms with Gasteiger partial charge in [0.25, 0.3) is 11.5 Å². The predicted octanol–water partition coefficient (Wildman–Crippen LogP) is -0.472. The number of nitrogens with two attached hydrogens (primary N) is 1. The molecule has 2 rings (SSSR count). The fraction of sp³-hybridized carbons (Fsp3) is 0.333. The molecular formula is C12H15N5O3S. The van der Waals surface area contributed by atoms with Gasteiger partial charge in [0, 0.05) is 24.2 Å². The number of nitrogen functional groups attached to an aromatic ring is 1. The predicted molar refractivity (Wildman–Crippen MR) is 78.1 cm³/mol. The van der Waals surface area contributed by atoms with Crippen molar-refractivity contribution < 1.29 is 4.79 Å².